The van der Waals surface area contributed by atoms with Crippen LogP contribution < -0.4 is 11.1 Å². The van der Waals surface area contributed by atoms with Gasteiger partial charge in [-0.2, -0.15) is 0 Å². The van der Waals surface area contributed by atoms with Crippen molar-refractivity contribution in [3.63, 3.8) is 0 Å². The van der Waals surface area contributed by atoms with Gasteiger partial charge < -0.3 is 11.1 Å². The fourth-order valence-electron chi connectivity index (χ4n) is 3.45. The molecule has 0 aromatic heterocycles. The van der Waals surface area contributed by atoms with Gasteiger partial charge in [-0.3, -0.25) is 0 Å². The van der Waals surface area contributed by atoms with Crippen LogP contribution in [0.5, 0.6) is 0 Å². The summed E-state index contributed by atoms with van der Waals surface area (Å²) < 4.78 is 0. The summed E-state index contributed by atoms with van der Waals surface area (Å²) in [7, 11) is 0. The van der Waals surface area contributed by atoms with E-state index in [4.69, 9.17) is 5.73 Å². The van der Waals surface area contributed by atoms with E-state index in [2.05, 4.69) is 60.1 Å². The molecular formula is C22H30N2. The van der Waals surface area contributed by atoms with E-state index < -0.39 is 0 Å². The molecular weight excluding hydrogens is 292 g/mol. The van der Waals surface area contributed by atoms with Crippen LogP contribution in [-0.4, -0.2) is 6.17 Å². The predicted molar refractivity (Wildman–Crippen MR) is 106 cm³/mol. The molecule has 1 aromatic carbocycles. The molecule has 24 heavy (non-hydrogen) atoms. The van der Waals surface area contributed by atoms with Gasteiger partial charge in [0.1, 0.15) is 0 Å². The van der Waals surface area contributed by atoms with Crippen molar-refractivity contribution < 1.29 is 0 Å². The molecule has 1 aromatic rings. The first kappa shape index (κ1) is 18.3. The lowest BCUT2D eigenvalue weighted by atomic mass is 9.73. The smallest absolute Gasteiger partial charge is 0.0940 e. The van der Waals surface area contributed by atoms with Crippen LogP contribution in [0.3, 0.4) is 0 Å². The van der Waals surface area contributed by atoms with Gasteiger partial charge in [-0.05, 0) is 46.8 Å². The van der Waals surface area contributed by atoms with Crippen LogP contribution in [-0.2, 0) is 0 Å². The van der Waals surface area contributed by atoms with Crippen molar-refractivity contribution >= 4 is 5.57 Å². The van der Waals surface area contributed by atoms with Gasteiger partial charge in [0.25, 0.3) is 0 Å². The van der Waals surface area contributed by atoms with Crippen molar-refractivity contribution in [1.29, 1.82) is 0 Å². The Morgan fingerprint density at radius 1 is 1.08 bits per heavy atom. The third kappa shape index (κ3) is 3.54. The maximum absolute atomic E-state index is 6.00. The average molecular weight is 322 g/mol. The quantitative estimate of drug-likeness (QED) is 0.739. The second-order valence-electron chi connectivity index (χ2n) is 5.63. The third-order valence-corrected chi connectivity index (χ3v) is 4.39. The standard InChI is InChI=1S/C18H18N2.2C2H6/c19-18-10-17-13(11-20-18)9-16(12-5-1-2-6-12)14-7-3-4-8-15(14)17;2*1-2/h1,3-8,10-11,16,18,20H,2,9,19H2;2*1-2H3. The van der Waals surface area contributed by atoms with E-state index in [0.29, 0.717) is 5.92 Å². The summed E-state index contributed by atoms with van der Waals surface area (Å²) in [5, 5.41) is 3.22. The van der Waals surface area contributed by atoms with Gasteiger partial charge in [-0.1, -0.05) is 70.2 Å². The number of hydrogen-bond acceptors (Lipinski definition) is 2. The Bertz CT molecular complexity index is 677. The highest BCUT2D eigenvalue weighted by Crippen LogP contribution is 2.46. The Kier molecular flexibility index (Phi) is 6.62. The van der Waals surface area contributed by atoms with Crippen molar-refractivity contribution in [1.82, 2.24) is 5.32 Å². The maximum atomic E-state index is 6.00. The van der Waals surface area contributed by atoms with E-state index in [1.807, 2.05) is 27.7 Å². The monoisotopic (exact) mass is 322 g/mol. The average Bonchev–Trinajstić information content (AvgIpc) is 3.19. The molecule has 0 radical (unpaired) electrons. The molecule has 0 amide bonds. The summed E-state index contributed by atoms with van der Waals surface area (Å²) in [6.07, 6.45) is 13.1. The Morgan fingerprint density at radius 3 is 2.54 bits per heavy atom. The topological polar surface area (TPSA) is 38.0 Å². The van der Waals surface area contributed by atoms with Crippen molar-refractivity contribution in [2.24, 2.45) is 5.73 Å². The third-order valence-electron chi connectivity index (χ3n) is 4.39. The maximum Gasteiger partial charge on any atom is 0.0940 e. The van der Waals surface area contributed by atoms with Gasteiger partial charge in [0.15, 0.2) is 0 Å². The molecule has 0 saturated carbocycles. The Morgan fingerprint density at radius 2 is 1.83 bits per heavy atom. The van der Waals surface area contributed by atoms with E-state index >= 15 is 0 Å². The number of nitrogens with two attached hydrogens (primary N) is 1. The molecule has 2 heteroatoms. The predicted octanol–water partition coefficient (Wildman–Crippen LogP) is 5.27. The highest BCUT2D eigenvalue weighted by Gasteiger charge is 2.30. The molecule has 2 aliphatic carbocycles. The highest BCUT2D eigenvalue weighted by atomic mass is 15.0. The Labute approximate surface area is 146 Å². The van der Waals surface area contributed by atoms with Crippen LogP contribution in [0.1, 0.15) is 57.6 Å². The van der Waals surface area contributed by atoms with Crippen molar-refractivity contribution in [2.75, 3.05) is 0 Å². The molecule has 0 saturated heterocycles. The Balaban J connectivity index is 0.000000487. The van der Waals surface area contributed by atoms with Crippen LogP contribution >= 0.6 is 0 Å². The first-order valence-electron chi connectivity index (χ1n) is 9.22. The molecule has 3 N–H and O–H groups in total. The number of hydrogen-bond donors (Lipinski definition) is 2. The zero-order valence-corrected chi connectivity index (χ0v) is 15.3. The molecule has 1 heterocycles. The minimum absolute atomic E-state index is 0.0797. The zero-order valence-electron chi connectivity index (χ0n) is 15.3. The van der Waals surface area contributed by atoms with Crippen molar-refractivity contribution in [3.8, 4) is 0 Å². The van der Waals surface area contributed by atoms with Gasteiger partial charge in [-0.25, -0.2) is 0 Å². The van der Waals surface area contributed by atoms with Crippen LogP contribution in [0, 0.1) is 0 Å². The van der Waals surface area contributed by atoms with Crippen LogP contribution in [0.4, 0.5) is 0 Å². The first-order valence-corrected chi connectivity index (χ1v) is 9.22. The lowest BCUT2D eigenvalue weighted by molar-refractivity contribution is 0.699. The summed E-state index contributed by atoms with van der Waals surface area (Å²) in [6, 6.07) is 8.74. The summed E-state index contributed by atoms with van der Waals surface area (Å²) in [4.78, 5) is 0. The molecule has 3 aliphatic rings. The molecule has 0 bridgehead atoms. The van der Waals surface area contributed by atoms with E-state index in [-0.39, 0.29) is 6.17 Å². The summed E-state index contributed by atoms with van der Waals surface area (Å²) in [5.41, 5.74) is 12.9. The fraction of sp³-hybridized carbons (Fsp3) is 0.364. The molecule has 1 aliphatic heterocycles. The summed E-state index contributed by atoms with van der Waals surface area (Å²) >= 11 is 0. The number of rotatable bonds is 1. The van der Waals surface area contributed by atoms with Gasteiger partial charge in [0, 0.05) is 12.1 Å². The first-order chi connectivity index (χ1) is 11.8. The van der Waals surface area contributed by atoms with Gasteiger partial charge in [0.05, 0.1) is 6.17 Å². The van der Waals surface area contributed by atoms with E-state index in [1.165, 1.54) is 27.8 Å². The van der Waals surface area contributed by atoms with Gasteiger partial charge in [-0.15, -0.1) is 0 Å². The van der Waals surface area contributed by atoms with Gasteiger partial charge in [0.2, 0.25) is 0 Å². The SMILES string of the molecule is CC.CC.NC1C=C2C(=CN1)CC(C1=CCC=C1)c1ccccc12. The van der Waals surface area contributed by atoms with E-state index in [0.717, 1.165) is 12.8 Å². The lowest BCUT2D eigenvalue weighted by Crippen LogP contribution is -2.35. The molecule has 2 unspecified atom stereocenters. The largest absolute Gasteiger partial charge is 0.372 e. The van der Waals surface area contributed by atoms with Crippen LogP contribution in [0.25, 0.3) is 5.57 Å². The zero-order chi connectivity index (χ0) is 17.5. The van der Waals surface area contributed by atoms with Gasteiger partial charge >= 0.3 is 0 Å². The van der Waals surface area contributed by atoms with E-state index in [9.17, 15) is 0 Å². The minimum atomic E-state index is -0.0797. The number of fused-ring (bicyclic) bond motifs is 3. The second kappa shape index (κ2) is 8.70. The number of benzene rings is 1. The summed E-state index contributed by atoms with van der Waals surface area (Å²) in [6.45, 7) is 8.00. The van der Waals surface area contributed by atoms with Crippen LogP contribution in [0.15, 0.2) is 65.9 Å². The van der Waals surface area contributed by atoms with Crippen LogP contribution in [0.2, 0.25) is 0 Å². The second-order valence-corrected chi connectivity index (χ2v) is 5.63. The molecule has 2 atom stereocenters. The molecule has 4 rings (SSSR count). The fourth-order valence-corrected chi connectivity index (χ4v) is 3.45. The van der Waals surface area contributed by atoms with Crippen molar-refractivity contribution in [3.05, 3.63) is 77.0 Å². The lowest BCUT2D eigenvalue weighted by Gasteiger charge is -2.33. The molecule has 0 fully saturated rings. The van der Waals surface area contributed by atoms with Crippen molar-refractivity contribution in [2.45, 2.75) is 52.6 Å². The Hall–Kier alpha value is -2.06. The normalized spacial score (nSPS) is 23.0. The summed E-state index contributed by atoms with van der Waals surface area (Å²) in [5.74, 6) is 0.476. The number of dihydropyridines is 1. The molecule has 128 valence electrons. The molecule has 0 spiro atoms. The number of allylic oxidation sites excluding steroid dienone is 6. The number of nitrogens with one attached hydrogen (secondary N) is 1. The van der Waals surface area contributed by atoms with E-state index in [1.54, 1.807) is 0 Å². The minimum Gasteiger partial charge on any atom is -0.372 e. The molecule has 2 nitrogen and oxygen atoms in total. The highest BCUT2D eigenvalue weighted by molar-refractivity contribution is 5.85.